The highest BCUT2D eigenvalue weighted by Crippen LogP contribution is 2.38. The molecule has 3 rings (SSSR count). The van der Waals surface area contributed by atoms with Crippen LogP contribution in [0.4, 0.5) is 10.2 Å². The van der Waals surface area contributed by atoms with Gasteiger partial charge in [0.15, 0.2) is 0 Å². The van der Waals surface area contributed by atoms with Gasteiger partial charge in [-0.15, -0.1) is 0 Å². The summed E-state index contributed by atoms with van der Waals surface area (Å²) >= 11 is 3.37. The minimum atomic E-state index is -0.311. The topological polar surface area (TPSA) is 56.7 Å². The van der Waals surface area contributed by atoms with Crippen molar-refractivity contribution >= 4 is 21.7 Å². The number of hydrogen-bond acceptors (Lipinski definition) is 3. The Hall–Kier alpha value is -2.21. The van der Waals surface area contributed by atoms with E-state index in [9.17, 15) is 4.39 Å². The van der Waals surface area contributed by atoms with Gasteiger partial charge in [0.2, 0.25) is 0 Å². The van der Waals surface area contributed by atoms with E-state index in [4.69, 9.17) is 5.73 Å². The standard InChI is InChI=1S/C15H12BrFN4/c1-21-15(18)13(12-4-2-3-7-19-12)14(20-21)10-6-5-9(17)8-11(10)16/h2-8H,18H2,1H3. The first kappa shape index (κ1) is 13.8. The highest BCUT2D eigenvalue weighted by molar-refractivity contribution is 9.10. The molecule has 0 aliphatic heterocycles. The summed E-state index contributed by atoms with van der Waals surface area (Å²) in [5, 5.41) is 4.45. The Kier molecular flexibility index (Phi) is 3.47. The van der Waals surface area contributed by atoms with Crippen LogP contribution in [0, 0.1) is 5.82 Å². The molecule has 0 unspecified atom stereocenters. The Morgan fingerprint density at radius 1 is 1.24 bits per heavy atom. The fourth-order valence-electron chi connectivity index (χ4n) is 2.17. The van der Waals surface area contributed by atoms with Crippen molar-refractivity contribution in [1.29, 1.82) is 0 Å². The normalized spacial score (nSPS) is 10.8. The summed E-state index contributed by atoms with van der Waals surface area (Å²) in [7, 11) is 1.77. The molecule has 106 valence electrons. The summed E-state index contributed by atoms with van der Waals surface area (Å²) in [4.78, 5) is 4.33. The predicted molar refractivity (Wildman–Crippen MR) is 83.9 cm³/mol. The lowest BCUT2D eigenvalue weighted by molar-refractivity contribution is 0.627. The van der Waals surface area contributed by atoms with Crippen molar-refractivity contribution in [2.45, 2.75) is 0 Å². The summed E-state index contributed by atoms with van der Waals surface area (Å²) in [5.41, 5.74) is 9.03. The number of nitrogens with zero attached hydrogens (tertiary/aromatic N) is 3. The van der Waals surface area contributed by atoms with Gasteiger partial charge in [-0.25, -0.2) is 4.39 Å². The van der Waals surface area contributed by atoms with Gasteiger partial charge in [0, 0.05) is 23.3 Å². The average Bonchev–Trinajstić information content (AvgIpc) is 2.75. The van der Waals surface area contributed by atoms with Crippen molar-refractivity contribution in [1.82, 2.24) is 14.8 Å². The maximum absolute atomic E-state index is 13.3. The zero-order chi connectivity index (χ0) is 15.0. The third-order valence-electron chi connectivity index (χ3n) is 3.20. The SMILES string of the molecule is Cn1nc(-c2ccc(F)cc2Br)c(-c2ccccn2)c1N. The molecule has 0 fully saturated rings. The van der Waals surface area contributed by atoms with Crippen LogP contribution in [0.5, 0.6) is 0 Å². The molecule has 0 saturated heterocycles. The molecule has 4 nitrogen and oxygen atoms in total. The van der Waals surface area contributed by atoms with Crippen LogP contribution in [-0.2, 0) is 7.05 Å². The zero-order valence-corrected chi connectivity index (χ0v) is 12.8. The van der Waals surface area contributed by atoms with Crippen LogP contribution in [-0.4, -0.2) is 14.8 Å². The lowest BCUT2D eigenvalue weighted by Crippen LogP contribution is -1.98. The van der Waals surface area contributed by atoms with Gasteiger partial charge >= 0.3 is 0 Å². The Balaban J connectivity index is 2.27. The van der Waals surface area contributed by atoms with E-state index in [2.05, 4.69) is 26.0 Å². The van der Waals surface area contributed by atoms with Crippen LogP contribution >= 0.6 is 15.9 Å². The smallest absolute Gasteiger partial charge is 0.131 e. The van der Waals surface area contributed by atoms with Crippen molar-refractivity contribution in [3.05, 3.63) is 52.9 Å². The number of hydrogen-bond donors (Lipinski definition) is 1. The Morgan fingerprint density at radius 2 is 2.05 bits per heavy atom. The highest BCUT2D eigenvalue weighted by atomic mass is 79.9. The second-order valence-corrected chi connectivity index (χ2v) is 5.43. The molecule has 0 atom stereocenters. The molecule has 1 aromatic carbocycles. The largest absolute Gasteiger partial charge is 0.383 e. The first-order valence-electron chi connectivity index (χ1n) is 6.27. The van der Waals surface area contributed by atoms with E-state index in [-0.39, 0.29) is 5.82 Å². The number of anilines is 1. The number of nitrogens with two attached hydrogens (primary N) is 1. The Labute approximate surface area is 129 Å². The number of benzene rings is 1. The molecule has 2 N–H and O–H groups in total. The quantitative estimate of drug-likeness (QED) is 0.770. The van der Waals surface area contributed by atoms with Gasteiger partial charge < -0.3 is 5.73 Å². The van der Waals surface area contributed by atoms with Crippen molar-refractivity contribution in [3.63, 3.8) is 0 Å². The third-order valence-corrected chi connectivity index (χ3v) is 3.85. The van der Waals surface area contributed by atoms with E-state index >= 15 is 0 Å². The first-order valence-corrected chi connectivity index (χ1v) is 7.06. The van der Waals surface area contributed by atoms with E-state index in [1.54, 1.807) is 24.0 Å². The van der Waals surface area contributed by atoms with E-state index < -0.39 is 0 Å². The molecule has 0 radical (unpaired) electrons. The van der Waals surface area contributed by atoms with E-state index in [1.165, 1.54) is 12.1 Å². The summed E-state index contributed by atoms with van der Waals surface area (Å²) in [5.74, 6) is 0.203. The lowest BCUT2D eigenvalue weighted by atomic mass is 10.0. The molecule has 0 aliphatic rings. The van der Waals surface area contributed by atoms with Gasteiger partial charge in [0.25, 0.3) is 0 Å². The summed E-state index contributed by atoms with van der Waals surface area (Å²) in [6.45, 7) is 0. The van der Waals surface area contributed by atoms with Crippen molar-refractivity contribution < 1.29 is 4.39 Å². The molecular formula is C15H12BrFN4. The van der Waals surface area contributed by atoms with E-state index in [0.717, 1.165) is 16.8 Å². The van der Waals surface area contributed by atoms with E-state index in [0.29, 0.717) is 16.0 Å². The average molecular weight is 347 g/mol. The summed E-state index contributed by atoms with van der Waals surface area (Å²) < 4.78 is 15.5. The highest BCUT2D eigenvalue weighted by Gasteiger charge is 2.20. The molecule has 0 spiro atoms. The second kappa shape index (κ2) is 5.29. The molecule has 0 saturated carbocycles. The zero-order valence-electron chi connectivity index (χ0n) is 11.2. The number of halogens is 2. The molecular weight excluding hydrogens is 335 g/mol. The van der Waals surface area contributed by atoms with Crippen LogP contribution in [0.2, 0.25) is 0 Å². The predicted octanol–water partition coefficient (Wildman–Crippen LogP) is 3.63. The maximum atomic E-state index is 13.3. The minimum absolute atomic E-state index is 0.311. The molecule has 0 aliphatic carbocycles. The van der Waals surface area contributed by atoms with Crippen LogP contribution in [0.15, 0.2) is 47.1 Å². The van der Waals surface area contributed by atoms with Gasteiger partial charge in [-0.1, -0.05) is 6.07 Å². The lowest BCUT2D eigenvalue weighted by Gasteiger charge is -2.05. The number of aromatic nitrogens is 3. The molecule has 2 heterocycles. The molecule has 2 aromatic heterocycles. The molecule has 0 amide bonds. The van der Waals surface area contributed by atoms with Gasteiger partial charge in [0.05, 0.1) is 11.3 Å². The fourth-order valence-corrected chi connectivity index (χ4v) is 2.71. The molecule has 0 bridgehead atoms. The van der Waals surface area contributed by atoms with Gasteiger partial charge in [-0.2, -0.15) is 5.10 Å². The van der Waals surface area contributed by atoms with Crippen LogP contribution in [0.1, 0.15) is 0 Å². The van der Waals surface area contributed by atoms with Crippen molar-refractivity contribution in [3.8, 4) is 22.5 Å². The van der Waals surface area contributed by atoms with Crippen LogP contribution < -0.4 is 5.73 Å². The van der Waals surface area contributed by atoms with E-state index in [1.807, 2.05) is 18.2 Å². The monoisotopic (exact) mass is 346 g/mol. The number of rotatable bonds is 2. The third kappa shape index (κ3) is 2.42. The Morgan fingerprint density at radius 3 is 2.71 bits per heavy atom. The first-order chi connectivity index (χ1) is 10.1. The molecule has 6 heteroatoms. The minimum Gasteiger partial charge on any atom is -0.383 e. The van der Waals surface area contributed by atoms with Gasteiger partial charge in [-0.3, -0.25) is 9.67 Å². The fraction of sp³-hybridized carbons (Fsp3) is 0.0667. The van der Waals surface area contributed by atoms with Gasteiger partial charge in [-0.05, 0) is 46.3 Å². The Bertz CT molecular complexity index is 799. The molecule has 3 aromatic rings. The molecule has 21 heavy (non-hydrogen) atoms. The van der Waals surface area contributed by atoms with Crippen LogP contribution in [0.3, 0.4) is 0 Å². The number of nitrogen functional groups attached to an aromatic ring is 1. The van der Waals surface area contributed by atoms with Crippen molar-refractivity contribution in [2.75, 3.05) is 5.73 Å². The number of aryl methyl sites for hydroxylation is 1. The van der Waals surface area contributed by atoms with Crippen molar-refractivity contribution in [2.24, 2.45) is 7.05 Å². The van der Waals surface area contributed by atoms with Gasteiger partial charge in [0.1, 0.15) is 17.3 Å². The summed E-state index contributed by atoms with van der Waals surface area (Å²) in [6, 6.07) is 10.1. The summed E-state index contributed by atoms with van der Waals surface area (Å²) in [6.07, 6.45) is 1.70. The number of pyridine rings is 1. The van der Waals surface area contributed by atoms with Crippen LogP contribution in [0.25, 0.3) is 22.5 Å². The second-order valence-electron chi connectivity index (χ2n) is 4.57. The maximum Gasteiger partial charge on any atom is 0.131 e.